The number of rotatable bonds is 3. The molecule has 1 aromatic heterocycles. The molecule has 0 fully saturated rings. The van der Waals surface area contributed by atoms with Crippen molar-refractivity contribution in [3.05, 3.63) is 17.0 Å². The third-order valence-electron chi connectivity index (χ3n) is 1.17. The van der Waals surface area contributed by atoms with E-state index >= 15 is 0 Å². The van der Waals surface area contributed by atoms with E-state index in [1.165, 1.54) is 6.07 Å². The average molecular weight is 185 g/mol. The molecule has 0 bridgehead atoms. The lowest BCUT2D eigenvalue weighted by atomic mass is 9.89. The highest BCUT2D eigenvalue weighted by atomic mass is 32.1. The van der Waals surface area contributed by atoms with Crippen LogP contribution in [-0.4, -0.2) is 23.2 Å². The van der Waals surface area contributed by atoms with Crippen LogP contribution in [0.3, 0.4) is 0 Å². The van der Waals surface area contributed by atoms with Gasteiger partial charge >= 0.3 is 13.0 Å². The van der Waals surface area contributed by atoms with Gasteiger partial charge in [0.2, 0.25) is 0 Å². The number of hydrogen-bond acceptors (Lipinski definition) is 4. The summed E-state index contributed by atoms with van der Waals surface area (Å²) in [5.74, 6) is -0.946. The number of thiophene rings is 1. The Morgan fingerprint density at radius 3 is 2.75 bits per heavy atom. The molecule has 0 amide bonds. The SMILES string of the molecule is CB(O)Nc1ccc(C(=O)O)s1. The van der Waals surface area contributed by atoms with Gasteiger partial charge in [-0.15, -0.1) is 11.3 Å². The van der Waals surface area contributed by atoms with Crippen LogP contribution in [0.5, 0.6) is 0 Å². The molecule has 6 heteroatoms. The smallest absolute Gasteiger partial charge is 0.407 e. The highest BCUT2D eigenvalue weighted by Gasteiger charge is 2.08. The summed E-state index contributed by atoms with van der Waals surface area (Å²) >= 11 is 1.10. The molecule has 0 aliphatic heterocycles. The molecule has 1 aromatic rings. The summed E-state index contributed by atoms with van der Waals surface area (Å²) in [6.45, 7) is 1.57. The first kappa shape index (κ1) is 9.09. The van der Waals surface area contributed by atoms with Crippen molar-refractivity contribution in [2.75, 3.05) is 5.23 Å². The minimum atomic E-state index is -0.946. The first-order valence-electron chi connectivity index (χ1n) is 3.37. The first-order chi connectivity index (χ1) is 5.59. The lowest BCUT2D eigenvalue weighted by Gasteiger charge is -1.99. The van der Waals surface area contributed by atoms with Crippen molar-refractivity contribution >= 4 is 29.4 Å². The Bertz CT molecular complexity index is 286. The lowest BCUT2D eigenvalue weighted by Crippen LogP contribution is -2.18. The predicted octanol–water partition coefficient (Wildman–Crippen LogP) is 0.968. The monoisotopic (exact) mass is 185 g/mol. The summed E-state index contributed by atoms with van der Waals surface area (Å²) < 4.78 is 0. The largest absolute Gasteiger partial charge is 0.477 e. The maximum Gasteiger partial charge on any atom is 0.407 e. The Morgan fingerprint density at radius 1 is 1.67 bits per heavy atom. The van der Waals surface area contributed by atoms with E-state index in [9.17, 15) is 4.79 Å². The molecular formula is C6H8BNO3S. The maximum atomic E-state index is 10.4. The van der Waals surface area contributed by atoms with Gasteiger partial charge in [0.1, 0.15) is 4.88 Å². The van der Waals surface area contributed by atoms with Gasteiger partial charge < -0.3 is 15.4 Å². The molecule has 64 valence electrons. The van der Waals surface area contributed by atoms with Crippen LogP contribution >= 0.6 is 11.3 Å². The van der Waals surface area contributed by atoms with Crippen LogP contribution in [0.4, 0.5) is 5.00 Å². The van der Waals surface area contributed by atoms with E-state index in [1.54, 1.807) is 12.9 Å². The van der Waals surface area contributed by atoms with Gasteiger partial charge in [-0.25, -0.2) is 4.79 Å². The molecule has 1 heterocycles. The van der Waals surface area contributed by atoms with Crippen LogP contribution in [0.2, 0.25) is 6.82 Å². The Morgan fingerprint density at radius 2 is 2.33 bits per heavy atom. The van der Waals surface area contributed by atoms with Gasteiger partial charge in [-0.1, -0.05) is 0 Å². The Kier molecular flexibility index (Phi) is 2.72. The van der Waals surface area contributed by atoms with Gasteiger partial charge in [0.25, 0.3) is 0 Å². The fourth-order valence-electron chi connectivity index (χ4n) is 0.736. The zero-order valence-corrected chi connectivity index (χ0v) is 7.26. The van der Waals surface area contributed by atoms with Crippen molar-refractivity contribution in [1.82, 2.24) is 0 Å². The van der Waals surface area contributed by atoms with Crippen molar-refractivity contribution < 1.29 is 14.9 Å². The number of carboxylic acid groups (broad SMARTS) is 1. The number of carboxylic acids is 1. The van der Waals surface area contributed by atoms with Gasteiger partial charge in [0.15, 0.2) is 0 Å². The topological polar surface area (TPSA) is 69.6 Å². The van der Waals surface area contributed by atoms with Gasteiger partial charge in [0.05, 0.1) is 5.00 Å². The van der Waals surface area contributed by atoms with Crippen LogP contribution in [0.15, 0.2) is 12.1 Å². The minimum absolute atomic E-state index is 0.262. The third-order valence-corrected chi connectivity index (χ3v) is 2.17. The van der Waals surface area contributed by atoms with Crippen molar-refractivity contribution in [3.8, 4) is 0 Å². The predicted molar refractivity (Wildman–Crippen MR) is 48.7 cm³/mol. The molecule has 12 heavy (non-hydrogen) atoms. The van der Waals surface area contributed by atoms with Crippen LogP contribution in [0.25, 0.3) is 0 Å². The molecule has 0 aromatic carbocycles. The molecule has 1 rings (SSSR count). The van der Waals surface area contributed by atoms with E-state index < -0.39 is 13.0 Å². The van der Waals surface area contributed by atoms with Crippen LogP contribution < -0.4 is 5.23 Å². The Labute approximate surface area is 74.0 Å². The standard InChI is InChI=1S/C6H8BNO3S/c1-7(11)8-5-3-2-4(12-5)6(9)10/h2-3,8,11H,1H3,(H,9,10). The zero-order chi connectivity index (χ0) is 9.14. The molecule has 4 nitrogen and oxygen atoms in total. The van der Waals surface area contributed by atoms with Crippen LogP contribution in [0.1, 0.15) is 9.67 Å². The minimum Gasteiger partial charge on any atom is -0.477 e. The van der Waals surface area contributed by atoms with E-state index in [4.69, 9.17) is 10.1 Å². The molecule has 0 radical (unpaired) electrons. The zero-order valence-electron chi connectivity index (χ0n) is 6.44. The lowest BCUT2D eigenvalue weighted by molar-refractivity contribution is 0.0702. The Balaban J connectivity index is 2.71. The second kappa shape index (κ2) is 3.60. The molecule has 0 spiro atoms. The van der Waals surface area contributed by atoms with E-state index in [0.717, 1.165) is 11.3 Å². The molecule has 0 unspecified atom stereocenters. The number of anilines is 1. The summed E-state index contributed by atoms with van der Waals surface area (Å²) in [6.07, 6.45) is 0. The highest BCUT2D eigenvalue weighted by molar-refractivity contribution is 7.18. The fraction of sp³-hybridized carbons (Fsp3) is 0.167. The molecule has 0 atom stereocenters. The summed E-state index contributed by atoms with van der Waals surface area (Å²) in [6, 6.07) is 3.12. The second-order valence-corrected chi connectivity index (χ2v) is 3.37. The van der Waals surface area contributed by atoms with Crippen molar-refractivity contribution in [2.45, 2.75) is 6.82 Å². The highest BCUT2D eigenvalue weighted by Crippen LogP contribution is 2.21. The van der Waals surface area contributed by atoms with Gasteiger partial charge in [0, 0.05) is 0 Å². The number of carbonyl (C=O) groups is 1. The number of hydrogen-bond donors (Lipinski definition) is 3. The number of nitrogens with one attached hydrogen (secondary N) is 1. The van der Waals surface area contributed by atoms with Crippen LogP contribution in [0, 0.1) is 0 Å². The summed E-state index contributed by atoms with van der Waals surface area (Å²) in [5, 5.41) is 20.8. The maximum absolute atomic E-state index is 10.4. The van der Waals surface area contributed by atoms with Crippen molar-refractivity contribution in [2.24, 2.45) is 0 Å². The van der Waals surface area contributed by atoms with Crippen molar-refractivity contribution in [1.29, 1.82) is 0 Å². The van der Waals surface area contributed by atoms with Crippen molar-refractivity contribution in [3.63, 3.8) is 0 Å². The fourth-order valence-corrected chi connectivity index (χ4v) is 1.56. The summed E-state index contributed by atoms with van der Waals surface area (Å²) in [5.41, 5.74) is 0. The van der Waals surface area contributed by atoms with E-state index in [1.807, 2.05) is 0 Å². The van der Waals surface area contributed by atoms with E-state index in [0.29, 0.717) is 5.00 Å². The summed E-state index contributed by atoms with van der Waals surface area (Å²) in [4.78, 5) is 10.7. The van der Waals surface area contributed by atoms with E-state index in [-0.39, 0.29) is 4.88 Å². The second-order valence-electron chi connectivity index (χ2n) is 2.29. The number of aromatic carboxylic acids is 1. The molecule has 0 aliphatic rings. The van der Waals surface area contributed by atoms with Gasteiger partial charge in [-0.2, -0.15) is 0 Å². The molecule has 0 saturated heterocycles. The molecule has 0 aliphatic carbocycles. The Hall–Kier alpha value is -1.01. The molecular weight excluding hydrogens is 177 g/mol. The normalized spacial score (nSPS) is 9.50. The first-order valence-corrected chi connectivity index (χ1v) is 4.19. The third kappa shape index (κ3) is 2.25. The van der Waals surface area contributed by atoms with E-state index in [2.05, 4.69) is 5.23 Å². The summed E-state index contributed by atoms with van der Waals surface area (Å²) in [7, 11) is -0.662. The van der Waals surface area contributed by atoms with Gasteiger partial charge in [-0.05, 0) is 19.0 Å². The molecule has 0 saturated carbocycles. The van der Waals surface area contributed by atoms with Gasteiger partial charge in [-0.3, -0.25) is 0 Å². The molecule has 3 N–H and O–H groups in total. The quantitative estimate of drug-likeness (QED) is 0.613. The van der Waals surface area contributed by atoms with Crippen LogP contribution in [-0.2, 0) is 0 Å². The average Bonchev–Trinajstić information content (AvgIpc) is 2.34.